The first kappa shape index (κ1) is 25.1. The highest BCUT2D eigenvalue weighted by molar-refractivity contribution is 14.0. The maximum absolute atomic E-state index is 5.40. The van der Waals surface area contributed by atoms with Gasteiger partial charge in [0.15, 0.2) is 11.8 Å². The molecular weight excluding hydrogens is 467 g/mol. The zero-order chi connectivity index (χ0) is 19.3. The first-order chi connectivity index (χ1) is 13.2. The Kier molecular flexibility index (Phi) is 13.5. The van der Waals surface area contributed by atoms with Gasteiger partial charge in [0.25, 0.3) is 0 Å². The van der Waals surface area contributed by atoms with Gasteiger partial charge in [-0.1, -0.05) is 38.5 Å². The maximum Gasteiger partial charge on any atom is 0.191 e. The van der Waals surface area contributed by atoms with Gasteiger partial charge in [-0.2, -0.15) is 0 Å². The Hall–Kier alpha value is -0.900. The van der Waals surface area contributed by atoms with Crippen LogP contribution in [-0.4, -0.2) is 47.0 Å². The number of aryl methyl sites for hydroxylation is 1. The molecule has 28 heavy (non-hydrogen) atoms. The molecule has 0 bridgehead atoms. The van der Waals surface area contributed by atoms with Crippen molar-refractivity contribution in [2.24, 2.45) is 18.0 Å². The summed E-state index contributed by atoms with van der Waals surface area (Å²) in [5, 5.41) is 15.2. The van der Waals surface area contributed by atoms with Crippen LogP contribution in [-0.2, 0) is 18.3 Å². The number of unbranched alkanes of at least 4 members (excludes halogenated alkanes) is 1. The minimum atomic E-state index is 0. The lowest BCUT2D eigenvalue weighted by molar-refractivity contribution is 0.145. The lowest BCUT2D eigenvalue weighted by atomic mass is 10.0. The van der Waals surface area contributed by atoms with Crippen LogP contribution in [0.3, 0.4) is 0 Å². The van der Waals surface area contributed by atoms with Crippen molar-refractivity contribution in [1.29, 1.82) is 0 Å². The van der Waals surface area contributed by atoms with Gasteiger partial charge in [-0.3, -0.25) is 0 Å². The van der Waals surface area contributed by atoms with E-state index < -0.39 is 0 Å². The lowest BCUT2D eigenvalue weighted by Gasteiger charge is -2.13. The van der Waals surface area contributed by atoms with E-state index in [1.54, 1.807) is 0 Å². The van der Waals surface area contributed by atoms with Crippen LogP contribution in [0.1, 0.15) is 69.9 Å². The summed E-state index contributed by atoms with van der Waals surface area (Å²) in [4.78, 5) is 4.69. The second-order valence-electron chi connectivity index (χ2n) is 7.44. The summed E-state index contributed by atoms with van der Waals surface area (Å²) < 4.78 is 7.39. The molecule has 1 aromatic heterocycles. The highest BCUT2D eigenvalue weighted by atomic mass is 127. The molecule has 0 unspecified atom stereocenters. The van der Waals surface area contributed by atoms with E-state index in [0.717, 1.165) is 56.3 Å². The van der Waals surface area contributed by atoms with E-state index in [4.69, 9.17) is 9.73 Å². The van der Waals surface area contributed by atoms with E-state index >= 15 is 0 Å². The third-order valence-corrected chi connectivity index (χ3v) is 5.33. The van der Waals surface area contributed by atoms with Crippen molar-refractivity contribution < 1.29 is 4.74 Å². The highest BCUT2D eigenvalue weighted by Crippen LogP contribution is 2.28. The van der Waals surface area contributed by atoms with Gasteiger partial charge < -0.3 is 19.9 Å². The molecule has 1 heterocycles. The number of guanidine groups is 1. The summed E-state index contributed by atoms with van der Waals surface area (Å²) in [6.45, 7) is 7.87. The van der Waals surface area contributed by atoms with E-state index in [9.17, 15) is 0 Å². The predicted molar refractivity (Wildman–Crippen MR) is 125 cm³/mol. The summed E-state index contributed by atoms with van der Waals surface area (Å²) in [6, 6.07) is 0. The minimum Gasteiger partial charge on any atom is -0.382 e. The standard InChI is InChI=1S/C20H38N6O.HI/c1-4-27-15-9-14-22-20(23-16-19-25-24-17(2)26(19)3)21-13-8-7-12-18-10-5-6-11-18;/h18H,4-16H2,1-3H3,(H2,21,22,23);1H. The van der Waals surface area contributed by atoms with E-state index in [-0.39, 0.29) is 24.0 Å². The minimum absolute atomic E-state index is 0. The van der Waals surface area contributed by atoms with Gasteiger partial charge in [0.2, 0.25) is 0 Å². The van der Waals surface area contributed by atoms with Gasteiger partial charge in [0.05, 0.1) is 0 Å². The normalized spacial score (nSPS) is 14.9. The summed E-state index contributed by atoms with van der Waals surface area (Å²) in [6.07, 6.45) is 10.6. The number of aromatic nitrogens is 3. The molecule has 2 rings (SSSR count). The van der Waals surface area contributed by atoms with Crippen LogP contribution in [0.15, 0.2) is 4.99 Å². The summed E-state index contributed by atoms with van der Waals surface area (Å²) in [7, 11) is 1.98. The molecule has 0 atom stereocenters. The fraction of sp³-hybridized carbons (Fsp3) is 0.850. The van der Waals surface area contributed by atoms with Gasteiger partial charge in [-0.25, -0.2) is 4.99 Å². The maximum atomic E-state index is 5.40. The quantitative estimate of drug-likeness (QED) is 0.196. The number of nitrogens with zero attached hydrogens (tertiary/aromatic N) is 4. The number of rotatable bonds is 12. The fourth-order valence-electron chi connectivity index (χ4n) is 3.50. The number of hydrogen-bond acceptors (Lipinski definition) is 4. The third-order valence-electron chi connectivity index (χ3n) is 5.33. The van der Waals surface area contributed by atoms with Crippen molar-refractivity contribution in [2.75, 3.05) is 26.3 Å². The Morgan fingerprint density at radius 2 is 1.86 bits per heavy atom. The average molecular weight is 506 g/mol. The van der Waals surface area contributed by atoms with Gasteiger partial charge >= 0.3 is 0 Å². The van der Waals surface area contributed by atoms with Crippen LogP contribution in [0.4, 0.5) is 0 Å². The van der Waals surface area contributed by atoms with Crippen molar-refractivity contribution in [3.63, 3.8) is 0 Å². The number of halogens is 1. The van der Waals surface area contributed by atoms with Crippen molar-refractivity contribution in [3.8, 4) is 0 Å². The number of hydrogen-bond donors (Lipinski definition) is 2. The largest absolute Gasteiger partial charge is 0.382 e. The van der Waals surface area contributed by atoms with Gasteiger partial charge in [-0.15, -0.1) is 34.2 Å². The molecule has 0 radical (unpaired) electrons. The van der Waals surface area contributed by atoms with Crippen LogP contribution >= 0.6 is 24.0 Å². The van der Waals surface area contributed by atoms with Crippen molar-refractivity contribution >= 4 is 29.9 Å². The third kappa shape index (κ3) is 9.54. The van der Waals surface area contributed by atoms with Crippen molar-refractivity contribution in [1.82, 2.24) is 25.4 Å². The van der Waals surface area contributed by atoms with Gasteiger partial charge in [0.1, 0.15) is 12.4 Å². The first-order valence-corrected chi connectivity index (χ1v) is 10.7. The summed E-state index contributed by atoms with van der Waals surface area (Å²) in [5.41, 5.74) is 0. The molecule has 1 aliphatic carbocycles. The van der Waals surface area contributed by atoms with Gasteiger partial charge in [0, 0.05) is 33.4 Å². The van der Waals surface area contributed by atoms with Crippen LogP contribution in [0, 0.1) is 12.8 Å². The van der Waals surface area contributed by atoms with E-state index in [0.29, 0.717) is 6.54 Å². The summed E-state index contributed by atoms with van der Waals surface area (Å²) >= 11 is 0. The molecule has 1 fully saturated rings. The zero-order valence-electron chi connectivity index (χ0n) is 17.9. The molecule has 0 amide bonds. The molecule has 0 aliphatic heterocycles. The number of nitrogens with one attached hydrogen (secondary N) is 2. The zero-order valence-corrected chi connectivity index (χ0v) is 20.2. The predicted octanol–water partition coefficient (Wildman–Crippen LogP) is 3.56. The summed E-state index contributed by atoms with van der Waals surface area (Å²) in [5.74, 6) is 3.62. The average Bonchev–Trinajstić information content (AvgIpc) is 3.29. The van der Waals surface area contributed by atoms with Crippen molar-refractivity contribution in [2.45, 2.75) is 71.8 Å². The molecule has 1 aromatic rings. The number of ether oxygens (including phenoxy) is 1. The molecule has 2 N–H and O–H groups in total. The molecule has 0 saturated heterocycles. The lowest BCUT2D eigenvalue weighted by Crippen LogP contribution is -2.38. The van der Waals surface area contributed by atoms with E-state index in [1.807, 2.05) is 25.5 Å². The van der Waals surface area contributed by atoms with Crippen LogP contribution in [0.2, 0.25) is 0 Å². The van der Waals surface area contributed by atoms with Crippen LogP contribution < -0.4 is 10.6 Å². The number of aliphatic imine (C=N–C) groups is 1. The molecule has 0 aromatic carbocycles. The monoisotopic (exact) mass is 506 g/mol. The topological polar surface area (TPSA) is 76.4 Å². The second-order valence-corrected chi connectivity index (χ2v) is 7.44. The van der Waals surface area contributed by atoms with Crippen LogP contribution in [0.25, 0.3) is 0 Å². The molecular formula is C20H39IN6O. The molecule has 1 aliphatic rings. The Balaban J connectivity index is 0.00000392. The van der Waals surface area contributed by atoms with Gasteiger partial charge in [-0.05, 0) is 32.6 Å². The Morgan fingerprint density at radius 3 is 2.50 bits per heavy atom. The highest BCUT2D eigenvalue weighted by Gasteiger charge is 2.13. The molecule has 1 saturated carbocycles. The van der Waals surface area contributed by atoms with Crippen LogP contribution in [0.5, 0.6) is 0 Å². The van der Waals surface area contributed by atoms with E-state index in [2.05, 4.69) is 20.8 Å². The SMILES string of the molecule is CCOCCCNC(=NCc1nnc(C)n1C)NCCCCC1CCCC1.I. The molecule has 162 valence electrons. The van der Waals surface area contributed by atoms with E-state index in [1.165, 1.54) is 44.9 Å². The Labute approximate surface area is 187 Å². The first-order valence-electron chi connectivity index (χ1n) is 10.7. The van der Waals surface area contributed by atoms with Crippen molar-refractivity contribution in [3.05, 3.63) is 11.6 Å². The smallest absolute Gasteiger partial charge is 0.191 e. The Bertz CT molecular complexity index is 557. The molecule has 8 heteroatoms. The fourth-order valence-corrected chi connectivity index (χ4v) is 3.50. The molecule has 0 spiro atoms. The second kappa shape index (κ2) is 15.0. The Morgan fingerprint density at radius 1 is 1.14 bits per heavy atom. The molecule has 7 nitrogen and oxygen atoms in total.